The highest BCUT2D eigenvalue weighted by Gasteiger charge is 2.37. The van der Waals surface area contributed by atoms with Crippen molar-refractivity contribution in [3.05, 3.63) is 48.2 Å². The summed E-state index contributed by atoms with van der Waals surface area (Å²) in [5, 5.41) is 3.13. The number of rotatable bonds is 5. The predicted molar refractivity (Wildman–Crippen MR) is 89.4 cm³/mol. The molecule has 0 aromatic heterocycles. The zero-order valence-corrected chi connectivity index (χ0v) is 13.3. The van der Waals surface area contributed by atoms with Crippen LogP contribution in [-0.4, -0.2) is 29.4 Å². The summed E-state index contributed by atoms with van der Waals surface area (Å²) in [6.45, 7) is 4.90. The molecule has 1 aliphatic carbocycles. The summed E-state index contributed by atoms with van der Waals surface area (Å²) in [5.74, 6) is 0.182. The Balaban J connectivity index is 1.53. The van der Waals surface area contributed by atoms with Crippen LogP contribution in [0.1, 0.15) is 44.1 Å². The molecule has 22 heavy (non-hydrogen) atoms. The molecule has 1 heterocycles. The van der Waals surface area contributed by atoms with Crippen LogP contribution in [0.25, 0.3) is 0 Å². The van der Waals surface area contributed by atoms with E-state index < -0.39 is 0 Å². The van der Waals surface area contributed by atoms with E-state index in [4.69, 9.17) is 0 Å². The summed E-state index contributed by atoms with van der Waals surface area (Å²) in [7, 11) is 0. The Morgan fingerprint density at radius 2 is 1.91 bits per heavy atom. The number of hydrogen-bond donors (Lipinski definition) is 1. The van der Waals surface area contributed by atoms with Crippen molar-refractivity contribution in [1.29, 1.82) is 0 Å². The summed E-state index contributed by atoms with van der Waals surface area (Å²) in [4.78, 5) is 14.9. The quantitative estimate of drug-likeness (QED) is 0.905. The van der Waals surface area contributed by atoms with E-state index in [1.807, 2.05) is 18.2 Å². The van der Waals surface area contributed by atoms with Gasteiger partial charge in [-0.15, -0.1) is 0 Å². The molecule has 118 valence electrons. The molecular weight excluding hydrogens is 272 g/mol. The minimum absolute atomic E-state index is 0.00590. The topological polar surface area (TPSA) is 32.3 Å². The van der Waals surface area contributed by atoms with Crippen molar-refractivity contribution < 1.29 is 4.79 Å². The van der Waals surface area contributed by atoms with Crippen LogP contribution >= 0.6 is 0 Å². The smallest absolute Gasteiger partial charge is 0.242 e. The Labute approximate surface area is 133 Å². The normalized spacial score (nSPS) is 22.3. The van der Waals surface area contributed by atoms with Gasteiger partial charge in [-0.05, 0) is 37.7 Å². The van der Waals surface area contributed by atoms with Crippen LogP contribution in [0.5, 0.6) is 0 Å². The summed E-state index contributed by atoms with van der Waals surface area (Å²) < 4.78 is 0. The number of carbonyl (C=O) groups is 1. The number of nitrogens with zero attached hydrogens (tertiary/aromatic N) is 1. The second-order valence-electron chi connectivity index (χ2n) is 6.49. The fourth-order valence-electron chi connectivity index (χ4n) is 3.84. The molecule has 1 N–H and O–H groups in total. The van der Waals surface area contributed by atoms with Crippen molar-refractivity contribution in [3.63, 3.8) is 0 Å². The zero-order chi connectivity index (χ0) is 15.4. The van der Waals surface area contributed by atoms with Gasteiger partial charge >= 0.3 is 0 Å². The molecule has 1 aliphatic heterocycles. The Morgan fingerprint density at radius 3 is 2.64 bits per heavy atom. The van der Waals surface area contributed by atoms with Crippen LogP contribution in [0, 0.1) is 0 Å². The van der Waals surface area contributed by atoms with Crippen molar-refractivity contribution in [1.82, 2.24) is 10.2 Å². The first kappa shape index (κ1) is 15.1. The molecule has 1 aromatic carbocycles. The van der Waals surface area contributed by atoms with Crippen LogP contribution in [-0.2, 0) is 11.2 Å². The second kappa shape index (κ2) is 6.99. The maximum Gasteiger partial charge on any atom is 0.242 e. The van der Waals surface area contributed by atoms with Gasteiger partial charge in [-0.3, -0.25) is 4.79 Å². The number of allylic oxidation sites excluding steroid dienone is 1. The average Bonchev–Trinajstić information content (AvgIpc) is 3.17. The molecule has 1 saturated heterocycles. The monoisotopic (exact) mass is 298 g/mol. The van der Waals surface area contributed by atoms with Crippen LogP contribution in [0.2, 0.25) is 0 Å². The van der Waals surface area contributed by atoms with Crippen molar-refractivity contribution >= 4 is 5.91 Å². The maximum atomic E-state index is 12.6. The Kier molecular flexibility index (Phi) is 4.81. The van der Waals surface area contributed by atoms with E-state index in [9.17, 15) is 4.79 Å². The van der Waals surface area contributed by atoms with Crippen molar-refractivity contribution in [3.8, 4) is 0 Å². The number of amides is 1. The average molecular weight is 298 g/mol. The van der Waals surface area contributed by atoms with Crippen molar-refractivity contribution in [2.24, 2.45) is 0 Å². The Morgan fingerprint density at radius 1 is 1.18 bits per heavy atom. The molecule has 1 saturated carbocycles. The lowest BCUT2D eigenvalue weighted by Crippen LogP contribution is -2.46. The van der Waals surface area contributed by atoms with Gasteiger partial charge in [0.2, 0.25) is 5.91 Å². The van der Waals surface area contributed by atoms with Crippen molar-refractivity contribution in [2.45, 2.75) is 57.0 Å². The van der Waals surface area contributed by atoms with Gasteiger partial charge in [-0.25, -0.2) is 0 Å². The lowest BCUT2D eigenvalue weighted by molar-refractivity contribution is -0.125. The number of nitrogens with one attached hydrogen (secondary N) is 1. The molecule has 2 fully saturated rings. The van der Waals surface area contributed by atoms with E-state index in [0.717, 1.165) is 25.0 Å². The first-order valence-electron chi connectivity index (χ1n) is 8.53. The molecule has 1 aromatic rings. The number of carbonyl (C=O) groups excluding carboxylic acids is 1. The molecule has 3 rings (SSSR count). The fraction of sp³-hybridized carbons (Fsp3) is 0.526. The van der Waals surface area contributed by atoms with Crippen LogP contribution in [0.4, 0.5) is 0 Å². The van der Waals surface area contributed by atoms with E-state index in [2.05, 4.69) is 28.9 Å². The van der Waals surface area contributed by atoms with E-state index in [1.165, 1.54) is 31.2 Å². The largest absolute Gasteiger partial charge is 0.360 e. The lowest BCUT2D eigenvalue weighted by Gasteiger charge is -2.32. The Bertz CT molecular complexity index is 519. The van der Waals surface area contributed by atoms with Crippen molar-refractivity contribution in [2.75, 3.05) is 6.54 Å². The third kappa shape index (κ3) is 3.34. The molecule has 1 unspecified atom stereocenters. The minimum Gasteiger partial charge on any atom is -0.360 e. The molecule has 1 amide bonds. The van der Waals surface area contributed by atoms with E-state index in [0.29, 0.717) is 12.6 Å². The van der Waals surface area contributed by atoms with Crippen LogP contribution < -0.4 is 5.32 Å². The summed E-state index contributed by atoms with van der Waals surface area (Å²) >= 11 is 0. The highest BCUT2D eigenvalue weighted by Crippen LogP contribution is 2.35. The third-order valence-corrected chi connectivity index (χ3v) is 4.98. The fourth-order valence-corrected chi connectivity index (χ4v) is 3.84. The van der Waals surface area contributed by atoms with Crippen LogP contribution in [0.15, 0.2) is 42.6 Å². The lowest BCUT2D eigenvalue weighted by atomic mass is 10.1. The number of hydrogen-bond acceptors (Lipinski definition) is 2. The second-order valence-corrected chi connectivity index (χ2v) is 6.49. The van der Waals surface area contributed by atoms with E-state index >= 15 is 0 Å². The maximum absolute atomic E-state index is 12.6. The molecular formula is C19H26N2O. The van der Waals surface area contributed by atoms with E-state index in [1.54, 1.807) is 0 Å². The SMILES string of the molecule is C=C1CCC(C(=O)NCCc2ccccc2)N1C1CCCC1. The standard InChI is InChI=1S/C19H26N2O/c1-15-11-12-18(21(15)17-9-5-6-10-17)19(22)20-14-13-16-7-3-2-4-8-16/h2-4,7-8,17-18H,1,5-6,9-14H2,(H,20,22). The summed E-state index contributed by atoms with van der Waals surface area (Å²) in [6.07, 6.45) is 7.79. The Hall–Kier alpha value is -1.77. The molecule has 0 bridgehead atoms. The highest BCUT2D eigenvalue weighted by molar-refractivity contribution is 5.82. The van der Waals surface area contributed by atoms with Gasteiger partial charge in [-0.1, -0.05) is 49.8 Å². The van der Waals surface area contributed by atoms with Gasteiger partial charge in [0, 0.05) is 18.3 Å². The van der Waals surface area contributed by atoms with Gasteiger partial charge in [0.1, 0.15) is 6.04 Å². The van der Waals surface area contributed by atoms with Gasteiger partial charge in [0.05, 0.1) is 0 Å². The van der Waals surface area contributed by atoms with Gasteiger partial charge in [0.15, 0.2) is 0 Å². The highest BCUT2D eigenvalue weighted by atomic mass is 16.2. The zero-order valence-electron chi connectivity index (χ0n) is 13.3. The van der Waals surface area contributed by atoms with Gasteiger partial charge in [-0.2, -0.15) is 0 Å². The third-order valence-electron chi connectivity index (χ3n) is 4.98. The van der Waals surface area contributed by atoms with Gasteiger partial charge < -0.3 is 10.2 Å². The van der Waals surface area contributed by atoms with Crippen LogP contribution in [0.3, 0.4) is 0 Å². The van der Waals surface area contributed by atoms with E-state index in [-0.39, 0.29) is 11.9 Å². The first-order valence-corrected chi connectivity index (χ1v) is 8.53. The first-order chi connectivity index (χ1) is 10.8. The van der Waals surface area contributed by atoms with Gasteiger partial charge in [0.25, 0.3) is 0 Å². The minimum atomic E-state index is 0.00590. The molecule has 3 nitrogen and oxygen atoms in total. The molecule has 3 heteroatoms. The molecule has 1 atom stereocenters. The summed E-state index contributed by atoms with van der Waals surface area (Å²) in [6, 6.07) is 10.9. The number of likely N-dealkylation sites (tertiary alicyclic amines) is 1. The molecule has 0 radical (unpaired) electrons. The predicted octanol–water partition coefficient (Wildman–Crippen LogP) is 3.27. The molecule has 0 spiro atoms. The summed E-state index contributed by atoms with van der Waals surface area (Å²) in [5.41, 5.74) is 2.43. The number of benzene rings is 1. The molecule has 2 aliphatic rings.